The molecular formula is C33H30N4O2. The Kier molecular flexibility index (Phi) is 6.23. The highest BCUT2D eigenvalue weighted by molar-refractivity contribution is 5.96. The van der Waals surface area contributed by atoms with Gasteiger partial charge in [0, 0.05) is 25.6 Å². The monoisotopic (exact) mass is 514 g/mol. The summed E-state index contributed by atoms with van der Waals surface area (Å²) in [5.41, 5.74) is 9.07. The zero-order valence-electron chi connectivity index (χ0n) is 22.3. The molecule has 39 heavy (non-hydrogen) atoms. The summed E-state index contributed by atoms with van der Waals surface area (Å²) in [6.07, 6.45) is 1.80. The van der Waals surface area contributed by atoms with Gasteiger partial charge in [0.2, 0.25) is 0 Å². The molecule has 4 aromatic carbocycles. The summed E-state index contributed by atoms with van der Waals surface area (Å²) in [6, 6.07) is 27.9. The molecule has 1 N–H and O–H groups in total. The number of imidazole rings is 2. The molecule has 0 atom stereocenters. The Labute approximate surface area is 227 Å². The maximum absolute atomic E-state index is 12.2. The molecule has 194 valence electrons. The van der Waals surface area contributed by atoms with Crippen LogP contribution in [0.2, 0.25) is 0 Å². The number of nitrogens with zero attached hydrogens (tertiary/aromatic N) is 4. The van der Waals surface area contributed by atoms with Gasteiger partial charge in [-0.25, -0.2) is 14.8 Å². The molecule has 6 heteroatoms. The Balaban J connectivity index is 1.45. The fraction of sp³-hybridized carbons (Fsp3) is 0.182. The highest BCUT2D eigenvalue weighted by Crippen LogP contribution is 2.31. The highest BCUT2D eigenvalue weighted by Gasteiger charge is 2.19. The number of fused-ring (bicyclic) bond motifs is 2. The molecule has 2 heterocycles. The van der Waals surface area contributed by atoms with Crippen LogP contribution < -0.4 is 0 Å². The van der Waals surface area contributed by atoms with E-state index >= 15 is 0 Å². The fourth-order valence-corrected chi connectivity index (χ4v) is 5.56. The van der Waals surface area contributed by atoms with E-state index in [1.54, 1.807) is 6.07 Å². The van der Waals surface area contributed by atoms with Crippen LogP contribution in [-0.4, -0.2) is 30.2 Å². The van der Waals surface area contributed by atoms with Crippen molar-refractivity contribution in [1.29, 1.82) is 0 Å². The Morgan fingerprint density at radius 3 is 2.38 bits per heavy atom. The quantitative estimate of drug-likeness (QED) is 0.243. The van der Waals surface area contributed by atoms with E-state index < -0.39 is 5.97 Å². The smallest absolute Gasteiger partial charge is 0.336 e. The van der Waals surface area contributed by atoms with Crippen LogP contribution in [0.25, 0.3) is 44.6 Å². The summed E-state index contributed by atoms with van der Waals surface area (Å²) >= 11 is 0. The lowest BCUT2D eigenvalue weighted by molar-refractivity contribution is 0.0697. The molecule has 0 aliphatic carbocycles. The summed E-state index contributed by atoms with van der Waals surface area (Å²) in [7, 11) is 2.05. The molecule has 0 saturated carbocycles. The summed E-state index contributed by atoms with van der Waals surface area (Å²) in [6.45, 7) is 4.82. The lowest BCUT2D eigenvalue weighted by atomic mass is 9.97. The summed E-state index contributed by atoms with van der Waals surface area (Å²) in [5.74, 6) is 0.986. The van der Waals surface area contributed by atoms with E-state index in [9.17, 15) is 9.90 Å². The topological polar surface area (TPSA) is 72.9 Å². The van der Waals surface area contributed by atoms with Crippen molar-refractivity contribution >= 4 is 28.0 Å². The molecule has 0 saturated heterocycles. The number of aromatic carboxylic acids is 1. The van der Waals surface area contributed by atoms with Crippen LogP contribution >= 0.6 is 0 Å². The number of benzene rings is 4. The standard InChI is InChI=1S/C33H30N4O2/c1-4-10-30-34-28-19-24(32-35-27-13-8-9-14-29(27)36(32)3)17-21(2)31(28)37(30)20-22-15-16-25(26(18-22)33(38)39)23-11-6-5-7-12-23/h5-9,11-19H,4,10,20H2,1-3H3,(H,38,39). The maximum Gasteiger partial charge on any atom is 0.336 e. The van der Waals surface area contributed by atoms with E-state index in [2.05, 4.69) is 41.2 Å². The molecule has 0 amide bonds. The first-order valence-corrected chi connectivity index (χ1v) is 13.3. The molecule has 0 fully saturated rings. The van der Waals surface area contributed by atoms with E-state index in [4.69, 9.17) is 9.97 Å². The Morgan fingerprint density at radius 1 is 0.872 bits per heavy atom. The molecule has 2 aromatic heterocycles. The summed E-state index contributed by atoms with van der Waals surface area (Å²) in [4.78, 5) is 22.2. The van der Waals surface area contributed by atoms with Crippen LogP contribution in [-0.2, 0) is 20.0 Å². The number of hydrogen-bond acceptors (Lipinski definition) is 3. The molecule has 0 aliphatic heterocycles. The Hall–Kier alpha value is -4.71. The first-order valence-electron chi connectivity index (χ1n) is 13.3. The van der Waals surface area contributed by atoms with Crippen LogP contribution in [0.1, 0.15) is 40.7 Å². The van der Waals surface area contributed by atoms with Crippen molar-refractivity contribution in [1.82, 2.24) is 19.1 Å². The molecule has 0 unspecified atom stereocenters. The van der Waals surface area contributed by atoms with Gasteiger partial charge < -0.3 is 14.2 Å². The third kappa shape index (κ3) is 4.38. The first kappa shape index (κ1) is 24.6. The largest absolute Gasteiger partial charge is 0.478 e. The van der Waals surface area contributed by atoms with Gasteiger partial charge in [-0.15, -0.1) is 0 Å². The van der Waals surface area contributed by atoms with E-state index in [0.29, 0.717) is 12.1 Å². The Bertz CT molecular complexity index is 1850. The van der Waals surface area contributed by atoms with Crippen LogP contribution in [0.3, 0.4) is 0 Å². The van der Waals surface area contributed by atoms with Gasteiger partial charge in [0.05, 0.1) is 27.6 Å². The van der Waals surface area contributed by atoms with Gasteiger partial charge in [-0.1, -0.05) is 61.5 Å². The minimum Gasteiger partial charge on any atom is -0.478 e. The second-order valence-electron chi connectivity index (χ2n) is 10.1. The van der Waals surface area contributed by atoms with Crippen molar-refractivity contribution in [2.45, 2.75) is 33.2 Å². The van der Waals surface area contributed by atoms with Gasteiger partial charge >= 0.3 is 5.97 Å². The summed E-state index contributed by atoms with van der Waals surface area (Å²) in [5, 5.41) is 10.0. The lowest BCUT2D eigenvalue weighted by Crippen LogP contribution is -2.08. The number of aromatic nitrogens is 4. The van der Waals surface area contributed by atoms with Crippen molar-refractivity contribution in [3.05, 3.63) is 107 Å². The number of para-hydroxylation sites is 2. The minimum absolute atomic E-state index is 0.306. The van der Waals surface area contributed by atoms with Crippen LogP contribution in [0.15, 0.2) is 84.9 Å². The third-order valence-electron chi connectivity index (χ3n) is 7.37. The number of carbonyl (C=O) groups is 1. The van der Waals surface area contributed by atoms with E-state index in [0.717, 1.165) is 74.4 Å². The number of rotatable bonds is 7. The highest BCUT2D eigenvalue weighted by atomic mass is 16.4. The minimum atomic E-state index is -0.928. The second-order valence-corrected chi connectivity index (χ2v) is 10.1. The van der Waals surface area contributed by atoms with Crippen LogP contribution in [0, 0.1) is 6.92 Å². The molecule has 6 nitrogen and oxygen atoms in total. The number of carboxylic acid groups (broad SMARTS) is 1. The molecule has 6 rings (SSSR count). The summed E-state index contributed by atoms with van der Waals surface area (Å²) < 4.78 is 4.37. The number of carboxylic acids is 1. The van der Waals surface area contributed by atoms with Gasteiger partial charge in [0.25, 0.3) is 0 Å². The van der Waals surface area contributed by atoms with Gasteiger partial charge in [-0.3, -0.25) is 0 Å². The normalized spacial score (nSPS) is 11.5. The zero-order chi connectivity index (χ0) is 27.1. The van der Waals surface area contributed by atoms with Crippen LogP contribution in [0.5, 0.6) is 0 Å². The predicted octanol–water partition coefficient (Wildman–Crippen LogP) is 7.26. The molecule has 0 bridgehead atoms. The molecular weight excluding hydrogens is 484 g/mol. The fourth-order valence-electron chi connectivity index (χ4n) is 5.56. The second kappa shape index (κ2) is 9.87. The first-order chi connectivity index (χ1) is 18.9. The zero-order valence-corrected chi connectivity index (χ0v) is 22.3. The van der Waals surface area contributed by atoms with Crippen molar-refractivity contribution in [3.8, 4) is 22.5 Å². The molecule has 0 aliphatic rings. The van der Waals surface area contributed by atoms with Crippen molar-refractivity contribution in [2.24, 2.45) is 7.05 Å². The van der Waals surface area contributed by atoms with Crippen molar-refractivity contribution < 1.29 is 9.90 Å². The van der Waals surface area contributed by atoms with Crippen molar-refractivity contribution in [3.63, 3.8) is 0 Å². The van der Waals surface area contributed by atoms with Gasteiger partial charge in [-0.05, 0) is 65.9 Å². The van der Waals surface area contributed by atoms with Gasteiger partial charge in [-0.2, -0.15) is 0 Å². The van der Waals surface area contributed by atoms with Gasteiger partial charge in [0.15, 0.2) is 0 Å². The SMILES string of the molecule is CCCc1nc2cc(-c3nc4ccccc4n3C)cc(C)c2n1Cc1ccc(-c2ccccc2)c(C(=O)O)c1. The number of aryl methyl sites for hydroxylation is 3. The Morgan fingerprint density at radius 2 is 1.64 bits per heavy atom. The molecule has 0 spiro atoms. The average molecular weight is 515 g/mol. The van der Waals surface area contributed by atoms with Gasteiger partial charge in [0.1, 0.15) is 11.6 Å². The van der Waals surface area contributed by atoms with E-state index in [1.807, 2.05) is 67.7 Å². The lowest BCUT2D eigenvalue weighted by Gasteiger charge is -2.14. The predicted molar refractivity (Wildman–Crippen MR) is 156 cm³/mol. The molecule has 6 aromatic rings. The maximum atomic E-state index is 12.2. The van der Waals surface area contributed by atoms with Crippen LogP contribution in [0.4, 0.5) is 0 Å². The third-order valence-corrected chi connectivity index (χ3v) is 7.37. The average Bonchev–Trinajstić information content (AvgIpc) is 3.46. The number of hydrogen-bond donors (Lipinski definition) is 1. The van der Waals surface area contributed by atoms with Crippen molar-refractivity contribution in [2.75, 3.05) is 0 Å². The molecule has 0 radical (unpaired) electrons. The van der Waals surface area contributed by atoms with E-state index in [-0.39, 0.29) is 0 Å². The van der Waals surface area contributed by atoms with E-state index in [1.165, 1.54) is 0 Å².